The van der Waals surface area contributed by atoms with E-state index in [0.717, 1.165) is 19.3 Å². The third-order valence-corrected chi connectivity index (χ3v) is 5.07. The lowest BCUT2D eigenvalue weighted by molar-refractivity contribution is 0.168. The smallest absolute Gasteiger partial charge is 0.255 e. The van der Waals surface area contributed by atoms with E-state index in [1.165, 1.54) is 0 Å². The van der Waals surface area contributed by atoms with Crippen molar-refractivity contribution in [1.29, 1.82) is 5.26 Å². The van der Waals surface area contributed by atoms with Crippen molar-refractivity contribution in [3.05, 3.63) is 12.5 Å². The normalized spacial score (nSPS) is 28.9. The summed E-state index contributed by atoms with van der Waals surface area (Å²) in [7, 11) is 0. The Kier molecular flexibility index (Phi) is 4.01. The van der Waals surface area contributed by atoms with Gasteiger partial charge in [0.2, 0.25) is 0 Å². The van der Waals surface area contributed by atoms with Crippen LogP contribution in [0, 0.1) is 28.6 Å². The molecule has 4 heteroatoms. The minimum atomic E-state index is 0.125. The Labute approximate surface area is 113 Å². The van der Waals surface area contributed by atoms with Gasteiger partial charge in [-0.15, -0.1) is 0 Å². The lowest BCUT2D eigenvalue weighted by atomic mass is 9.70. The topological polar surface area (TPSA) is 49.8 Å². The summed E-state index contributed by atoms with van der Waals surface area (Å²) < 4.78 is 5.29. The molecule has 3 atom stereocenters. The van der Waals surface area contributed by atoms with Gasteiger partial charge < -0.3 is 4.42 Å². The number of oxazole rings is 1. The van der Waals surface area contributed by atoms with E-state index in [4.69, 9.17) is 4.42 Å². The summed E-state index contributed by atoms with van der Waals surface area (Å²) >= 11 is 1.62. The summed E-state index contributed by atoms with van der Waals surface area (Å²) in [4.78, 5) is 4.15. The van der Waals surface area contributed by atoms with Gasteiger partial charge in [0, 0.05) is 5.25 Å². The van der Waals surface area contributed by atoms with Crippen molar-refractivity contribution in [1.82, 2.24) is 4.98 Å². The SMILES string of the molecule is CC(C)(C)C1CCC(C#N)C(Sc2ncco2)C1. The van der Waals surface area contributed by atoms with Crippen LogP contribution in [0.3, 0.4) is 0 Å². The number of rotatable bonds is 2. The fraction of sp³-hybridized carbons (Fsp3) is 0.714. The molecule has 1 fully saturated rings. The van der Waals surface area contributed by atoms with Gasteiger partial charge in [-0.3, -0.25) is 0 Å². The van der Waals surface area contributed by atoms with Gasteiger partial charge in [-0.1, -0.05) is 32.5 Å². The van der Waals surface area contributed by atoms with Gasteiger partial charge in [0.25, 0.3) is 5.22 Å². The average molecular weight is 264 g/mol. The van der Waals surface area contributed by atoms with E-state index in [1.807, 2.05) is 0 Å². The first kappa shape index (κ1) is 13.5. The highest BCUT2D eigenvalue weighted by atomic mass is 32.2. The number of nitriles is 1. The molecule has 1 aliphatic rings. The maximum Gasteiger partial charge on any atom is 0.255 e. The third kappa shape index (κ3) is 3.08. The van der Waals surface area contributed by atoms with E-state index in [-0.39, 0.29) is 5.92 Å². The van der Waals surface area contributed by atoms with Gasteiger partial charge in [-0.05, 0) is 30.6 Å². The maximum atomic E-state index is 9.26. The largest absolute Gasteiger partial charge is 0.440 e. The van der Waals surface area contributed by atoms with E-state index >= 15 is 0 Å². The highest BCUT2D eigenvalue weighted by molar-refractivity contribution is 7.99. The van der Waals surface area contributed by atoms with Gasteiger partial charge in [0.05, 0.1) is 18.2 Å². The van der Waals surface area contributed by atoms with Crippen LogP contribution < -0.4 is 0 Å². The number of hydrogen-bond acceptors (Lipinski definition) is 4. The predicted molar refractivity (Wildman–Crippen MR) is 72.0 cm³/mol. The maximum absolute atomic E-state index is 9.26. The number of aromatic nitrogens is 1. The highest BCUT2D eigenvalue weighted by Gasteiger charge is 2.37. The van der Waals surface area contributed by atoms with Gasteiger partial charge in [-0.2, -0.15) is 5.26 Å². The van der Waals surface area contributed by atoms with Crippen LogP contribution in [0.1, 0.15) is 40.0 Å². The summed E-state index contributed by atoms with van der Waals surface area (Å²) in [6.07, 6.45) is 6.48. The fourth-order valence-corrected chi connectivity index (χ4v) is 3.77. The molecule has 1 saturated carbocycles. The zero-order chi connectivity index (χ0) is 13.2. The quantitative estimate of drug-likeness (QED) is 0.806. The molecule has 0 radical (unpaired) electrons. The van der Waals surface area contributed by atoms with Crippen LogP contribution in [0.2, 0.25) is 0 Å². The number of hydrogen-bond donors (Lipinski definition) is 0. The third-order valence-electron chi connectivity index (χ3n) is 3.84. The van der Waals surface area contributed by atoms with Crippen molar-refractivity contribution in [2.24, 2.45) is 17.3 Å². The molecule has 0 bridgehead atoms. The lowest BCUT2D eigenvalue weighted by Gasteiger charge is -2.39. The second-order valence-electron chi connectivity index (χ2n) is 6.07. The summed E-state index contributed by atoms with van der Waals surface area (Å²) in [6, 6.07) is 2.45. The van der Waals surface area contributed by atoms with Gasteiger partial charge >= 0.3 is 0 Å². The number of thioether (sulfide) groups is 1. The Hall–Kier alpha value is -0.950. The summed E-state index contributed by atoms with van der Waals surface area (Å²) in [5.74, 6) is 0.801. The summed E-state index contributed by atoms with van der Waals surface area (Å²) in [5, 5.41) is 10.3. The summed E-state index contributed by atoms with van der Waals surface area (Å²) in [6.45, 7) is 6.87. The molecule has 0 aliphatic heterocycles. The van der Waals surface area contributed by atoms with Crippen molar-refractivity contribution in [3.8, 4) is 6.07 Å². The predicted octanol–water partition coefficient (Wildman–Crippen LogP) is 4.12. The Morgan fingerprint density at radius 1 is 1.44 bits per heavy atom. The van der Waals surface area contributed by atoms with Crippen molar-refractivity contribution in [2.75, 3.05) is 0 Å². The molecule has 1 aromatic heterocycles. The van der Waals surface area contributed by atoms with E-state index in [9.17, 15) is 5.26 Å². The lowest BCUT2D eigenvalue weighted by Crippen LogP contribution is -2.33. The second-order valence-corrected chi connectivity index (χ2v) is 7.26. The zero-order valence-electron chi connectivity index (χ0n) is 11.2. The van der Waals surface area contributed by atoms with Crippen LogP contribution in [0.25, 0.3) is 0 Å². The molecule has 98 valence electrons. The molecular weight excluding hydrogens is 244 g/mol. The molecule has 1 aromatic rings. The van der Waals surface area contributed by atoms with E-state index < -0.39 is 0 Å². The molecule has 0 saturated heterocycles. The van der Waals surface area contributed by atoms with Crippen LogP contribution in [0.5, 0.6) is 0 Å². The summed E-state index contributed by atoms with van der Waals surface area (Å²) in [5.41, 5.74) is 0.315. The molecule has 0 N–H and O–H groups in total. The van der Waals surface area contributed by atoms with E-state index in [2.05, 4.69) is 31.8 Å². The Morgan fingerprint density at radius 3 is 2.78 bits per heavy atom. The van der Waals surface area contributed by atoms with Crippen molar-refractivity contribution < 1.29 is 4.42 Å². The van der Waals surface area contributed by atoms with Crippen molar-refractivity contribution >= 4 is 11.8 Å². The Morgan fingerprint density at radius 2 is 2.22 bits per heavy atom. The van der Waals surface area contributed by atoms with Crippen molar-refractivity contribution in [2.45, 2.75) is 50.5 Å². The molecule has 0 aromatic carbocycles. The second kappa shape index (κ2) is 5.36. The van der Waals surface area contributed by atoms with Crippen LogP contribution >= 0.6 is 11.8 Å². The van der Waals surface area contributed by atoms with Crippen LogP contribution in [0.15, 0.2) is 22.1 Å². The van der Waals surface area contributed by atoms with Crippen LogP contribution in [0.4, 0.5) is 0 Å². The van der Waals surface area contributed by atoms with Gasteiger partial charge in [0.1, 0.15) is 6.26 Å². The van der Waals surface area contributed by atoms with Gasteiger partial charge in [-0.25, -0.2) is 4.98 Å². The molecule has 18 heavy (non-hydrogen) atoms. The van der Waals surface area contributed by atoms with Crippen molar-refractivity contribution in [3.63, 3.8) is 0 Å². The average Bonchev–Trinajstić information content (AvgIpc) is 2.80. The molecule has 0 amide bonds. The molecule has 1 heterocycles. The minimum absolute atomic E-state index is 0.125. The van der Waals surface area contributed by atoms with E-state index in [0.29, 0.717) is 21.8 Å². The fourth-order valence-electron chi connectivity index (χ4n) is 2.59. The zero-order valence-corrected chi connectivity index (χ0v) is 12.0. The first-order valence-corrected chi connectivity index (χ1v) is 7.34. The monoisotopic (exact) mass is 264 g/mol. The molecule has 0 spiro atoms. The Balaban J connectivity index is 2.07. The Bertz CT molecular complexity index is 416. The highest BCUT2D eigenvalue weighted by Crippen LogP contribution is 2.45. The van der Waals surface area contributed by atoms with Gasteiger partial charge in [0.15, 0.2) is 0 Å². The number of nitrogens with zero attached hydrogens (tertiary/aromatic N) is 2. The molecule has 3 nitrogen and oxygen atoms in total. The minimum Gasteiger partial charge on any atom is -0.440 e. The van der Waals surface area contributed by atoms with E-state index in [1.54, 1.807) is 24.2 Å². The van der Waals surface area contributed by atoms with Crippen LogP contribution in [-0.2, 0) is 0 Å². The standard InChI is InChI=1S/C14H20N2OS/c1-14(2,3)11-5-4-10(9-15)12(8-11)18-13-16-6-7-17-13/h6-7,10-12H,4-5,8H2,1-3H3. The molecule has 3 unspecified atom stereocenters. The molecule has 1 aliphatic carbocycles. The molecular formula is C14H20N2OS. The first-order chi connectivity index (χ1) is 8.50. The molecule has 2 rings (SSSR count). The van der Waals surface area contributed by atoms with Crippen LogP contribution in [-0.4, -0.2) is 10.2 Å². The first-order valence-electron chi connectivity index (χ1n) is 6.46.